The molecule has 0 aliphatic heterocycles. The Hall–Kier alpha value is -1.59. The standard InChI is InChI=1S/C10H18NO3Si.C4F10NO4S2/c1-10-6-5-7-11(8-10)9-15(12-2,13-3)14-4;5-1(6,7)3(11,12)20(16,17)15-21(18,19)4(13,14)2(8,9)10/h5-8H,9H2,1-4H3;/q+1;-1. The van der Waals surface area contributed by atoms with Crippen LogP contribution in [0.5, 0.6) is 0 Å². The summed E-state index contributed by atoms with van der Waals surface area (Å²) < 4.78 is 179. The van der Waals surface area contributed by atoms with Gasteiger partial charge < -0.3 is 17.4 Å². The molecule has 212 valence electrons. The minimum absolute atomic E-state index is 0.422. The Balaban J connectivity index is 0.000000717. The maximum atomic E-state index is 12.3. The van der Waals surface area contributed by atoms with Crippen LogP contribution in [0.3, 0.4) is 0 Å². The maximum absolute atomic E-state index is 12.3. The molecule has 9 nitrogen and oxygen atoms in total. The van der Waals surface area contributed by atoms with Crippen molar-refractivity contribution < 1.29 is 78.6 Å². The van der Waals surface area contributed by atoms with Crippen LogP contribution in [0.4, 0.5) is 43.9 Å². The van der Waals surface area contributed by atoms with E-state index < -0.39 is 51.7 Å². The maximum Gasteiger partial charge on any atom is 0.569 e. The molecule has 0 saturated carbocycles. The van der Waals surface area contributed by atoms with Gasteiger partial charge in [-0.15, -0.1) is 0 Å². The van der Waals surface area contributed by atoms with Crippen LogP contribution >= 0.6 is 0 Å². The quantitative estimate of drug-likeness (QED) is 0.241. The molecular formula is C14H18F10N2O7S2Si. The highest BCUT2D eigenvalue weighted by atomic mass is 32.3. The van der Waals surface area contributed by atoms with E-state index in [0.29, 0.717) is 10.3 Å². The molecule has 0 aromatic carbocycles. The number of hydrogen-bond donors (Lipinski definition) is 0. The molecule has 0 spiro atoms. The molecule has 1 rings (SSSR count). The van der Waals surface area contributed by atoms with Crippen LogP contribution in [0.2, 0.25) is 0 Å². The van der Waals surface area contributed by atoms with Gasteiger partial charge in [-0.3, -0.25) is 0 Å². The summed E-state index contributed by atoms with van der Waals surface area (Å²) in [4.78, 5) is 0. The summed E-state index contributed by atoms with van der Waals surface area (Å²) in [6.07, 6.45) is -9.36. The fourth-order valence-electron chi connectivity index (χ4n) is 1.93. The smallest absolute Gasteiger partial charge is 0.425 e. The zero-order valence-electron chi connectivity index (χ0n) is 18.4. The van der Waals surface area contributed by atoms with E-state index in [1.807, 2.05) is 36.0 Å². The van der Waals surface area contributed by atoms with Crippen LogP contribution in [-0.2, 0) is 39.5 Å². The number of nitrogens with zero attached hydrogens (tertiary/aromatic N) is 2. The van der Waals surface area contributed by atoms with Gasteiger partial charge in [-0.1, -0.05) is 0 Å². The summed E-state index contributed by atoms with van der Waals surface area (Å²) in [5.41, 5.74) is 1.20. The summed E-state index contributed by atoms with van der Waals surface area (Å²) >= 11 is 0. The third-order valence-electron chi connectivity index (χ3n) is 3.82. The second kappa shape index (κ2) is 11.4. The number of hydrogen-bond acceptors (Lipinski definition) is 7. The molecule has 0 saturated heterocycles. The third-order valence-corrected chi connectivity index (χ3v) is 9.77. The molecule has 0 atom stereocenters. The lowest BCUT2D eigenvalue weighted by Crippen LogP contribution is -2.56. The van der Waals surface area contributed by atoms with Crippen molar-refractivity contribution in [2.45, 2.75) is 36.0 Å². The Bertz CT molecular complexity index is 1030. The lowest BCUT2D eigenvalue weighted by atomic mass is 10.3. The minimum atomic E-state index is -7.62. The van der Waals surface area contributed by atoms with E-state index >= 15 is 0 Å². The van der Waals surface area contributed by atoms with Crippen LogP contribution < -0.4 is 4.57 Å². The highest BCUT2D eigenvalue weighted by molar-refractivity contribution is 8.13. The van der Waals surface area contributed by atoms with Crippen LogP contribution in [0.25, 0.3) is 4.13 Å². The zero-order chi connectivity index (χ0) is 29.0. The molecule has 0 bridgehead atoms. The van der Waals surface area contributed by atoms with Gasteiger partial charge in [-0.2, -0.15) is 48.5 Å². The number of aryl methyl sites for hydroxylation is 1. The first-order valence-electron chi connectivity index (χ1n) is 8.60. The highest BCUT2D eigenvalue weighted by Crippen LogP contribution is 2.47. The van der Waals surface area contributed by atoms with Crippen molar-refractivity contribution in [1.29, 1.82) is 0 Å². The van der Waals surface area contributed by atoms with Crippen LogP contribution in [-0.4, -0.2) is 69.8 Å². The van der Waals surface area contributed by atoms with Gasteiger partial charge in [0.2, 0.25) is 6.17 Å². The third kappa shape index (κ3) is 7.71. The Kier molecular flexibility index (Phi) is 10.9. The van der Waals surface area contributed by atoms with Gasteiger partial charge in [0.25, 0.3) is 0 Å². The van der Waals surface area contributed by atoms with Crippen molar-refractivity contribution in [1.82, 2.24) is 0 Å². The second-order valence-electron chi connectivity index (χ2n) is 6.40. The summed E-state index contributed by atoms with van der Waals surface area (Å²) in [6, 6.07) is 4.04. The van der Waals surface area contributed by atoms with Crippen molar-refractivity contribution in [2.24, 2.45) is 0 Å². The number of pyridine rings is 1. The van der Waals surface area contributed by atoms with E-state index in [2.05, 4.69) is 0 Å². The summed E-state index contributed by atoms with van der Waals surface area (Å²) in [5, 5.41) is -14.0. The van der Waals surface area contributed by atoms with Crippen LogP contribution in [0.15, 0.2) is 24.5 Å². The summed E-state index contributed by atoms with van der Waals surface area (Å²) in [7, 11) is -12.9. The summed E-state index contributed by atoms with van der Waals surface area (Å²) in [5.74, 6) is 0. The average molecular weight is 609 g/mol. The topological polar surface area (TPSA) is 114 Å². The van der Waals surface area contributed by atoms with Gasteiger partial charge in [0.15, 0.2) is 32.4 Å². The Morgan fingerprint density at radius 1 is 0.806 bits per heavy atom. The monoisotopic (exact) mass is 608 g/mol. The van der Waals surface area contributed by atoms with Crippen LogP contribution in [0, 0.1) is 6.92 Å². The number of alkyl halides is 10. The lowest BCUT2D eigenvalue weighted by molar-refractivity contribution is -0.685. The first-order valence-corrected chi connectivity index (χ1v) is 13.4. The molecular weight excluding hydrogens is 590 g/mol. The van der Waals surface area contributed by atoms with E-state index in [0.717, 1.165) is 0 Å². The zero-order valence-corrected chi connectivity index (χ0v) is 21.0. The molecule has 0 fully saturated rings. The predicted molar refractivity (Wildman–Crippen MR) is 101 cm³/mol. The number of sulfonamides is 2. The first kappa shape index (κ1) is 34.4. The van der Waals surface area contributed by atoms with E-state index in [1.54, 1.807) is 21.3 Å². The van der Waals surface area contributed by atoms with Gasteiger partial charge in [0.1, 0.15) is 0 Å². The number of halogens is 10. The van der Waals surface area contributed by atoms with Crippen molar-refractivity contribution in [3.05, 3.63) is 34.2 Å². The van der Waals surface area contributed by atoms with Crippen molar-refractivity contribution >= 4 is 28.9 Å². The molecule has 22 heteroatoms. The van der Waals surface area contributed by atoms with E-state index in [-0.39, 0.29) is 0 Å². The van der Waals surface area contributed by atoms with Gasteiger partial charge >= 0.3 is 31.7 Å². The van der Waals surface area contributed by atoms with Gasteiger partial charge in [-0.05, 0) is 13.0 Å². The second-order valence-corrected chi connectivity index (χ2v) is 12.8. The molecule has 0 aliphatic rings. The Morgan fingerprint density at radius 2 is 1.17 bits per heavy atom. The molecule has 1 heterocycles. The molecule has 0 N–H and O–H groups in total. The van der Waals surface area contributed by atoms with Crippen molar-refractivity contribution in [3.63, 3.8) is 0 Å². The van der Waals surface area contributed by atoms with Gasteiger partial charge in [0.05, 0.1) is 0 Å². The Morgan fingerprint density at radius 3 is 1.44 bits per heavy atom. The number of rotatable bonds is 9. The predicted octanol–water partition coefficient (Wildman–Crippen LogP) is 3.03. The molecule has 0 radical (unpaired) electrons. The molecule has 36 heavy (non-hydrogen) atoms. The van der Waals surface area contributed by atoms with E-state index in [9.17, 15) is 60.7 Å². The minimum Gasteiger partial charge on any atom is -0.425 e. The summed E-state index contributed by atoms with van der Waals surface area (Å²) in [6.45, 7) is 2.05. The molecule has 0 aliphatic carbocycles. The molecule has 0 unspecified atom stereocenters. The van der Waals surface area contributed by atoms with E-state index in [1.165, 1.54) is 5.56 Å². The van der Waals surface area contributed by atoms with Crippen molar-refractivity contribution in [3.8, 4) is 0 Å². The fraction of sp³-hybridized carbons (Fsp3) is 0.643. The Labute approximate surface area is 199 Å². The van der Waals surface area contributed by atoms with Crippen LogP contribution in [0.1, 0.15) is 5.56 Å². The normalized spacial score (nSPS) is 14.3. The molecule has 0 amide bonds. The van der Waals surface area contributed by atoms with Gasteiger partial charge in [-0.25, -0.2) is 16.8 Å². The van der Waals surface area contributed by atoms with Crippen molar-refractivity contribution in [2.75, 3.05) is 21.3 Å². The molecule has 1 aromatic heterocycles. The van der Waals surface area contributed by atoms with E-state index in [4.69, 9.17) is 13.3 Å². The molecule has 1 aromatic rings. The lowest BCUT2D eigenvalue weighted by Gasteiger charge is -2.31. The number of aromatic nitrogens is 1. The largest absolute Gasteiger partial charge is 0.569 e. The first-order chi connectivity index (χ1) is 15.9. The fourth-order valence-corrected chi connectivity index (χ4v) is 5.83. The average Bonchev–Trinajstić information content (AvgIpc) is 2.70. The van der Waals surface area contributed by atoms with Gasteiger partial charge in [0, 0.05) is 33.0 Å². The SMILES string of the molecule is CO[Si](C[n+]1cccc(C)c1)(OC)OC.O=S(=O)([N-]S(=O)(=O)C(F)(F)C(F)(F)F)C(F)(F)C(F)(F)F. The highest BCUT2D eigenvalue weighted by Gasteiger charge is 2.68.